The van der Waals surface area contributed by atoms with E-state index < -0.39 is 40.4 Å². The predicted molar refractivity (Wildman–Crippen MR) is 488 cm³/mol. The highest BCUT2D eigenvalue weighted by Crippen LogP contribution is 2.41. The number of fused-ring (bicyclic) bond motifs is 4. The molecule has 20 nitrogen and oxygen atoms in total. The third-order valence-electron chi connectivity index (χ3n) is 22.3. The molecule has 10 aromatic carbocycles. The average Bonchev–Trinajstić information content (AvgIpc) is 1.61. The van der Waals surface area contributed by atoms with Crippen molar-refractivity contribution in [1.29, 1.82) is 0 Å². The second-order valence-corrected chi connectivity index (χ2v) is 36.7. The number of carbonyl (C=O) groups is 8. The Labute approximate surface area is 744 Å². The van der Waals surface area contributed by atoms with E-state index in [1.54, 1.807) is 142 Å². The van der Waals surface area contributed by atoms with Gasteiger partial charge in [0.25, 0.3) is 45.5 Å². The topological polar surface area (TPSA) is 270 Å². The Morgan fingerprint density at radius 2 is 0.787 bits per heavy atom. The lowest BCUT2D eigenvalue weighted by molar-refractivity contribution is 0.00578. The lowest BCUT2D eigenvalue weighted by atomic mass is 9.77. The van der Waals surface area contributed by atoms with Crippen LogP contribution in [-0.4, -0.2) is 113 Å². The number of Topliss-reactive ketones (excluding diaryl/α,β-unsaturated/α-hetero) is 1. The first-order valence-electron chi connectivity index (χ1n) is 39.1. The van der Waals surface area contributed by atoms with Crippen LogP contribution >= 0.6 is 63.7 Å². The predicted octanol–water partition coefficient (Wildman–Crippen LogP) is 21.3. The van der Waals surface area contributed by atoms with Gasteiger partial charge in [0.05, 0.1) is 85.0 Å². The third-order valence-corrected chi connectivity index (χ3v) is 25.9. The number of amides is 6. The van der Waals surface area contributed by atoms with Crippen molar-refractivity contribution in [2.45, 2.75) is 151 Å². The van der Waals surface area contributed by atoms with E-state index in [0.717, 1.165) is 95.7 Å². The molecule has 6 amide bonds. The number of aryl methyl sites for hydroxylation is 7. The molecular weight excluding hydrogens is 1820 g/mol. The number of aliphatic hydroxyl groups excluding tert-OH is 1. The van der Waals surface area contributed by atoms with Crippen LogP contribution in [0.3, 0.4) is 0 Å². The summed E-state index contributed by atoms with van der Waals surface area (Å²) < 4.78 is 44.1. The number of aromatic nitrogens is 3. The summed E-state index contributed by atoms with van der Waals surface area (Å²) in [5.74, 6) is -2.29. The van der Waals surface area contributed by atoms with E-state index in [1.807, 2.05) is 181 Å². The number of benzene rings is 10. The van der Waals surface area contributed by atoms with Gasteiger partial charge >= 0.3 is 13.1 Å². The molecule has 12 aromatic rings. The van der Waals surface area contributed by atoms with Crippen molar-refractivity contribution in [2.24, 2.45) is 0 Å². The summed E-state index contributed by atoms with van der Waals surface area (Å²) in [6, 6.07) is 62.1. The molecule has 4 aliphatic rings. The largest absolute Gasteiger partial charge is 0.494 e. The first kappa shape index (κ1) is 91.9. The van der Waals surface area contributed by atoms with Crippen LogP contribution < -0.4 is 5.46 Å². The number of carboxylic acids is 1. The number of aliphatic hydroxyl groups is 1. The lowest BCUT2D eigenvalue weighted by Crippen LogP contribution is -2.41. The van der Waals surface area contributed by atoms with Crippen molar-refractivity contribution in [3.8, 4) is 11.3 Å². The van der Waals surface area contributed by atoms with Gasteiger partial charge < -0.3 is 19.5 Å². The summed E-state index contributed by atoms with van der Waals surface area (Å²) in [6.45, 7) is 30.5. The average molecular weight is 1920 g/mol. The molecule has 4 unspecified atom stereocenters. The number of carbonyl (C=O) groups excluding carboxylic acids is 7. The molecule has 2 aromatic heterocycles. The Morgan fingerprint density at radius 3 is 1.15 bits per heavy atom. The maximum absolute atomic E-state index is 13.3. The smallest absolute Gasteiger partial charge is 0.478 e. The van der Waals surface area contributed by atoms with Crippen molar-refractivity contribution in [2.75, 3.05) is 0 Å². The van der Waals surface area contributed by atoms with Gasteiger partial charge in [0, 0.05) is 40.6 Å². The highest BCUT2D eigenvalue weighted by atomic mass is 79.9. The molecule has 626 valence electrons. The van der Waals surface area contributed by atoms with E-state index in [1.165, 1.54) is 31.2 Å². The standard InChI is InChI=1S/C30H24N4O4S.C23H26BNO4.C17H14BrNO2.C9H11BrO.C9H9BrO.C8H7BrO2/c1-18-8-11-22(12-9-18)39(37,38)33-15-14-26-27(31-17-32-28(26)33)21-10-13-23(19(2)16-21)20(3)34-29(35)24-6-4-5-7-25(24)30(34)36;1-14-13-16(24-28-22(3,4)23(5,6)29-24)11-12-17(14)15(2)25-20(26)18-9-7-8-10-19(18)21(25)27;1-10-9-12(18)7-8-13(10)11(2)19-16(20)14-5-3-4-6-15(14)17(19)21;2*1-6-5-8(10)3-4-9(6)7(2)11;1-5-4-6(9)2-3-7(5)8(10)11/h4-17,20H,1-3H3;7-13,15H,1-6H3;3-9,11H,1-2H3;3-5,7,11H,1-2H3;3-5H,1-2H3;2-4H,1H3,(H,10,11). The van der Waals surface area contributed by atoms with Crippen molar-refractivity contribution < 1.29 is 66.3 Å². The first-order chi connectivity index (χ1) is 57.5. The number of hydrogen-bond donors (Lipinski definition) is 2. The number of rotatable bonds is 13. The molecule has 1 saturated heterocycles. The van der Waals surface area contributed by atoms with Crippen LogP contribution in [0.2, 0.25) is 0 Å². The number of halogens is 4. The van der Waals surface area contributed by atoms with Gasteiger partial charge in [0.15, 0.2) is 11.4 Å². The SMILES string of the molecule is CC(=O)c1ccc(Br)cc1C.Cc1cc(B2OC(C)(C)C(C)(C)O2)ccc1C(C)N1C(=O)c2ccccc2C1=O.Cc1cc(Br)ccc1C(=O)O.Cc1cc(Br)ccc1C(C)N1C(=O)c2ccccc2C1=O.Cc1cc(Br)ccc1C(C)O.Cc1ccc(S(=O)(=O)n2ccc3c(-c4ccc(C(C)N5C(=O)c6ccccc6C5=O)c(C)c4)ncnc32)cc1. The highest BCUT2D eigenvalue weighted by molar-refractivity contribution is 9.11. The molecule has 0 aliphatic carbocycles. The molecule has 0 spiro atoms. The van der Waals surface area contributed by atoms with Crippen LogP contribution in [0, 0.1) is 48.5 Å². The van der Waals surface area contributed by atoms with Crippen molar-refractivity contribution in [3.05, 3.63) is 348 Å². The van der Waals surface area contributed by atoms with Crippen LogP contribution in [0.5, 0.6) is 0 Å². The summed E-state index contributed by atoms with van der Waals surface area (Å²) in [6.07, 6.45) is 2.47. The van der Waals surface area contributed by atoms with Crippen LogP contribution in [0.25, 0.3) is 22.3 Å². The molecular formula is C96H91BBr4N6O14S. The van der Waals surface area contributed by atoms with Crippen LogP contribution in [0.1, 0.15) is 231 Å². The van der Waals surface area contributed by atoms with Gasteiger partial charge in [-0.2, -0.15) is 0 Å². The number of hydrogen-bond acceptors (Lipinski definition) is 15. The van der Waals surface area contributed by atoms with Gasteiger partial charge in [0.2, 0.25) is 0 Å². The van der Waals surface area contributed by atoms with E-state index in [4.69, 9.17) is 14.4 Å². The van der Waals surface area contributed by atoms with E-state index in [2.05, 4.69) is 73.7 Å². The Bertz CT molecular complexity index is 6090. The summed E-state index contributed by atoms with van der Waals surface area (Å²) in [7, 11) is -4.29. The summed E-state index contributed by atoms with van der Waals surface area (Å²) in [4.78, 5) is 111. The molecule has 4 aliphatic heterocycles. The molecule has 6 heterocycles. The molecule has 122 heavy (non-hydrogen) atoms. The van der Waals surface area contributed by atoms with E-state index >= 15 is 0 Å². The number of carboxylic acid groups (broad SMARTS) is 1. The molecule has 0 saturated carbocycles. The van der Waals surface area contributed by atoms with Gasteiger partial charge in [-0.05, 0) is 287 Å². The minimum Gasteiger partial charge on any atom is -0.478 e. The molecule has 16 rings (SSSR count). The van der Waals surface area contributed by atoms with E-state index in [9.17, 15) is 51.9 Å². The quantitative estimate of drug-likeness (QED) is 0.0617. The van der Waals surface area contributed by atoms with Gasteiger partial charge in [-0.3, -0.25) is 48.3 Å². The van der Waals surface area contributed by atoms with Crippen molar-refractivity contribution in [1.82, 2.24) is 28.6 Å². The minimum atomic E-state index is -3.85. The maximum Gasteiger partial charge on any atom is 0.494 e. The van der Waals surface area contributed by atoms with Gasteiger partial charge in [-0.15, -0.1) is 0 Å². The molecule has 2 N–H and O–H groups in total. The zero-order chi connectivity index (χ0) is 89.0. The molecule has 1 fully saturated rings. The van der Waals surface area contributed by atoms with Crippen LogP contribution in [-0.2, 0) is 19.3 Å². The normalized spacial score (nSPS) is 15.1. The third kappa shape index (κ3) is 19.5. The summed E-state index contributed by atoms with van der Waals surface area (Å²) in [5.41, 5.74) is 16.2. The molecule has 26 heteroatoms. The number of nitrogens with zero attached hydrogens (tertiary/aromatic N) is 6. The summed E-state index contributed by atoms with van der Waals surface area (Å²) in [5, 5.41) is 18.5. The fraction of sp³-hybridized carbons (Fsp3) is 0.229. The first-order valence-corrected chi connectivity index (χ1v) is 43.8. The number of aromatic carboxylic acids is 1. The molecule has 0 radical (unpaired) electrons. The Kier molecular flexibility index (Phi) is 28.6. The second-order valence-electron chi connectivity index (χ2n) is 31.2. The van der Waals surface area contributed by atoms with Gasteiger partial charge in [0.1, 0.15) is 6.33 Å². The fourth-order valence-corrected chi connectivity index (χ4v) is 18.2. The Balaban J connectivity index is 0.000000154. The monoisotopic (exact) mass is 1910 g/mol. The van der Waals surface area contributed by atoms with Gasteiger partial charge in [-0.25, -0.2) is 27.2 Å². The number of ketones is 1. The Morgan fingerprint density at radius 1 is 0.434 bits per heavy atom. The van der Waals surface area contributed by atoms with Crippen molar-refractivity contribution >= 4 is 145 Å². The zero-order valence-corrected chi connectivity index (χ0v) is 77.3. The number of imide groups is 3. The maximum atomic E-state index is 13.3. The van der Waals surface area contributed by atoms with E-state index in [0.29, 0.717) is 50.0 Å². The zero-order valence-electron chi connectivity index (χ0n) is 70.1. The minimum absolute atomic E-state index is 0.120. The van der Waals surface area contributed by atoms with E-state index in [-0.39, 0.29) is 70.0 Å². The highest BCUT2D eigenvalue weighted by Gasteiger charge is 2.52. The van der Waals surface area contributed by atoms with Crippen molar-refractivity contribution in [3.63, 3.8) is 0 Å². The van der Waals surface area contributed by atoms with Gasteiger partial charge in [-0.1, -0.05) is 166 Å². The summed E-state index contributed by atoms with van der Waals surface area (Å²) >= 11 is 13.4. The van der Waals surface area contributed by atoms with Crippen LogP contribution in [0.15, 0.2) is 248 Å². The second kappa shape index (κ2) is 37.9. The Hall–Kier alpha value is -10.8. The molecule has 4 atom stereocenters. The fourth-order valence-electron chi connectivity index (χ4n) is 15.0. The lowest BCUT2D eigenvalue weighted by Gasteiger charge is -2.32. The van der Waals surface area contributed by atoms with Crippen LogP contribution in [0.4, 0.5) is 0 Å². The molecule has 0 bridgehead atoms.